The number of esters is 1. The van der Waals surface area contributed by atoms with Crippen molar-refractivity contribution in [1.29, 1.82) is 0 Å². The van der Waals surface area contributed by atoms with Gasteiger partial charge in [0.2, 0.25) is 0 Å². The summed E-state index contributed by atoms with van der Waals surface area (Å²) in [6, 6.07) is 7.62. The number of nitrogens with zero attached hydrogens (tertiary/aromatic N) is 1. The monoisotopic (exact) mass is 279 g/mol. The van der Waals surface area contributed by atoms with Crippen LogP contribution in [0.25, 0.3) is 0 Å². The molecule has 0 bridgehead atoms. The van der Waals surface area contributed by atoms with E-state index in [0.717, 1.165) is 30.9 Å². The van der Waals surface area contributed by atoms with Crippen molar-refractivity contribution in [3.63, 3.8) is 0 Å². The highest BCUT2D eigenvalue weighted by Crippen LogP contribution is 2.15. The fourth-order valence-corrected chi connectivity index (χ4v) is 2.00. The second kappa shape index (κ2) is 8.59. The standard InChI is InChI=1S/C16H25NO3/c1-5-17(6-2)11-14(4)20-16(18)12-19-15-10-8-7-9-13(15)3/h7-10,14H,5-6,11-12H2,1-4H3/t14-/m0/s1. The van der Waals surface area contributed by atoms with Gasteiger partial charge in [-0.25, -0.2) is 4.79 Å². The minimum atomic E-state index is -0.326. The minimum Gasteiger partial charge on any atom is -0.482 e. The van der Waals surface area contributed by atoms with E-state index in [1.54, 1.807) is 0 Å². The second-order valence-corrected chi connectivity index (χ2v) is 4.84. The summed E-state index contributed by atoms with van der Waals surface area (Å²) < 4.78 is 10.8. The van der Waals surface area contributed by atoms with Crippen LogP contribution in [-0.2, 0) is 9.53 Å². The first-order chi connectivity index (χ1) is 9.56. The number of para-hydroxylation sites is 1. The maximum atomic E-state index is 11.7. The second-order valence-electron chi connectivity index (χ2n) is 4.84. The lowest BCUT2D eigenvalue weighted by Gasteiger charge is -2.22. The van der Waals surface area contributed by atoms with Crippen LogP contribution in [0, 0.1) is 6.92 Å². The van der Waals surface area contributed by atoms with Crippen LogP contribution >= 0.6 is 0 Å². The van der Waals surface area contributed by atoms with Crippen molar-refractivity contribution in [2.45, 2.75) is 33.8 Å². The van der Waals surface area contributed by atoms with E-state index < -0.39 is 0 Å². The third-order valence-electron chi connectivity index (χ3n) is 3.18. The van der Waals surface area contributed by atoms with E-state index in [4.69, 9.17) is 9.47 Å². The molecule has 1 aromatic carbocycles. The largest absolute Gasteiger partial charge is 0.482 e. The zero-order chi connectivity index (χ0) is 15.0. The summed E-state index contributed by atoms with van der Waals surface area (Å²) in [6.45, 7) is 10.7. The topological polar surface area (TPSA) is 38.8 Å². The molecule has 0 aliphatic heterocycles. The number of aryl methyl sites for hydroxylation is 1. The molecule has 4 heteroatoms. The Morgan fingerprint density at radius 2 is 1.90 bits per heavy atom. The van der Waals surface area contributed by atoms with Crippen LogP contribution < -0.4 is 4.74 Å². The number of carbonyl (C=O) groups is 1. The Labute approximate surface area is 121 Å². The summed E-state index contributed by atoms with van der Waals surface area (Å²) in [5.74, 6) is 0.397. The quantitative estimate of drug-likeness (QED) is 0.686. The van der Waals surface area contributed by atoms with Crippen molar-refractivity contribution in [2.24, 2.45) is 0 Å². The normalized spacial score (nSPS) is 12.2. The molecule has 112 valence electrons. The van der Waals surface area contributed by atoms with Crippen molar-refractivity contribution in [1.82, 2.24) is 4.90 Å². The Bertz CT molecular complexity index is 416. The van der Waals surface area contributed by atoms with E-state index in [0.29, 0.717) is 0 Å². The number of rotatable bonds is 8. The molecule has 0 N–H and O–H groups in total. The molecule has 0 saturated carbocycles. The van der Waals surface area contributed by atoms with Crippen LogP contribution in [-0.4, -0.2) is 43.2 Å². The van der Waals surface area contributed by atoms with Crippen LogP contribution in [0.2, 0.25) is 0 Å². The zero-order valence-corrected chi connectivity index (χ0v) is 12.9. The summed E-state index contributed by atoms with van der Waals surface area (Å²) in [6.07, 6.45) is -0.122. The predicted molar refractivity (Wildman–Crippen MR) is 80.0 cm³/mol. The molecule has 0 fully saturated rings. The van der Waals surface area contributed by atoms with Gasteiger partial charge in [0.05, 0.1) is 0 Å². The molecule has 1 atom stereocenters. The highest BCUT2D eigenvalue weighted by atomic mass is 16.6. The maximum absolute atomic E-state index is 11.7. The molecule has 0 aromatic heterocycles. The molecule has 0 aliphatic carbocycles. The third-order valence-corrected chi connectivity index (χ3v) is 3.18. The van der Waals surface area contributed by atoms with Crippen LogP contribution in [0.15, 0.2) is 24.3 Å². The highest BCUT2D eigenvalue weighted by molar-refractivity contribution is 5.71. The Hall–Kier alpha value is -1.55. The summed E-state index contributed by atoms with van der Waals surface area (Å²) >= 11 is 0. The van der Waals surface area contributed by atoms with Gasteiger partial charge in [-0.1, -0.05) is 32.0 Å². The first-order valence-corrected chi connectivity index (χ1v) is 7.17. The van der Waals surface area contributed by atoms with Crippen LogP contribution in [0.5, 0.6) is 5.75 Å². The van der Waals surface area contributed by atoms with Gasteiger partial charge in [0.25, 0.3) is 0 Å². The SMILES string of the molecule is CCN(CC)C[C@H](C)OC(=O)COc1ccccc1C. The average Bonchev–Trinajstić information content (AvgIpc) is 2.43. The van der Waals surface area contributed by atoms with E-state index >= 15 is 0 Å². The van der Waals surface area contributed by atoms with Gasteiger partial charge in [-0.3, -0.25) is 0 Å². The van der Waals surface area contributed by atoms with E-state index in [2.05, 4.69) is 18.7 Å². The molecule has 0 amide bonds. The molecule has 20 heavy (non-hydrogen) atoms. The zero-order valence-electron chi connectivity index (χ0n) is 12.9. The van der Waals surface area contributed by atoms with Gasteiger partial charge in [-0.2, -0.15) is 0 Å². The summed E-state index contributed by atoms with van der Waals surface area (Å²) in [7, 11) is 0. The molecule has 0 unspecified atom stereocenters. The van der Waals surface area contributed by atoms with Gasteiger partial charge in [0, 0.05) is 6.54 Å². The number of hydrogen-bond acceptors (Lipinski definition) is 4. The smallest absolute Gasteiger partial charge is 0.344 e. The molecule has 0 heterocycles. The number of hydrogen-bond donors (Lipinski definition) is 0. The van der Waals surface area contributed by atoms with Gasteiger partial charge in [-0.15, -0.1) is 0 Å². The lowest BCUT2D eigenvalue weighted by atomic mass is 10.2. The van der Waals surface area contributed by atoms with E-state index in [1.165, 1.54) is 0 Å². The first-order valence-electron chi connectivity index (χ1n) is 7.17. The molecule has 0 radical (unpaired) electrons. The van der Waals surface area contributed by atoms with Gasteiger partial charge < -0.3 is 14.4 Å². The lowest BCUT2D eigenvalue weighted by Crippen LogP contribution is -2.34. The molecule has 1 rings (SSSR count). The Balaban J connectivity index is 2.35. The summed E-state index contributed by atoms with van der Waals surface area (Å²) in [5, 5.41) is 0. The Morgan fingerprint density at radius 1 is 1.25 bits per heavy atom. The minimum absolute atomic E-state index is 0.0482. The van der Waals surface area contributed by atoms with E-state index in [9.17, 15) is 4.79 Å². The van der Waals surface area contributed by atoms with Crippen molar-refractivity contribution in [2.75, 3.05) is 26.2 Å². The average molecular weight is 279 g/mol. The first kappa shape index (κ1) is 16.5. The van der Waals surface area contributed by atoms with Gasteiger partial charge in [0.15, 0.2) is 6.61 Å². The van der Waals surface area contributed by atoms with Crippen LogP contribution in [0.1, 0.15) is 26.3 Å². The van der Waals surface area contributed by atoms with Gasteiger partial charge in [0.1, 0.15) is 11.9 Å². The van der Waals surface area contributed by atoms with Crippen molar-refractivity contribution >= 4 is 5.97 Å². The van der Waals surface area contributed by atoms with E-state index in [1.807, 2.05) is 38.1 Å². The number of carbonyl (C=O) groups excluding carboxylic acids is 1. The van der Waals surface area contributed by atoms with Crippen LogP contribution in [0.3, 0.4) is 0 Å². The van der Waals surface area contributed by atoms with Gasteiger partial charge >= 0.3 is 5.97 Å². The summed E-state index contributed by atoms with van der Waals surface area (Å²) in [5.41, 5.74) is 1.01. The number of ether oxygens (including phenoxy) is 2. The van der Waals surface area contributed by atoms with Crippen molar-refractivity contribution < 1.29 is 14.3 Å². The fourth-order valence-electron chi connectivity index (χ4n) is 2.00. The van der Waals surface area contributed by atoms with Crippen molar-refractivity contribution in [3.05, 3.63) is 29.8 Å². The lowest BCUT2D eigenvalue weighted by molar-refractivity contribution is -0.151. The molecule has 4 nitrogen and oxygen atoms in total. The number of likely N-dealkylation sites (N-methyl/N-ethyl adjacent to an activating group) is 1. The maximum Gasteiger partial charge on any atom is 0.344 e. The van der Waals surface area contributed by atoms with E-state index in [-0.39, 0.29) is 18.7 Å². The Kier molecular flexibility index (Phi) is 7.09. The fraction of sp³-hybridized carbons (Fsp3) is 0.562. The molecular weight excluding hydrogens is 254 g/mol. The van der Waals surface area contributed by atoms with Gasteiger partial charge in [-0.05, 0) is 38.6 Å². The predicted octanol–water partition coefficient (Wildman–Crippen LogP) is 2.65. The third kappa shape index (κ3) is 5.61. The Morgan fingerprint density at radius 3 is 2.50 bits per heavy atom. The van der Waals surface area contributed by atoms with Crippen LogP contribution in [0.4, 0.5) is 0 Å². The molecule has 0 aliphatic rings. The molecular formula is C16H25NO3. The number of benzene rings is 1. The molecule has 1 aromatic rings. The highest BCUT2D eigenvalue weighted by Gasteiger charge is 2.13. The summed E-state index contributed by atoms with van der Waals surface area (Å²) in [4.78, 5) is 14.0. The molecule has 0 spiro atoms. The molecule has 0 saturated heterocycles. The van der Waals surface area contributed by atoms with Crippen molar-refractivity contribution in [3.8, 4) is 5.75 Å².